The van der Waals surface area contributed by atoms with Crippen LogP contribution in [0, 0.1) is 11.7 Å². The molecule has 1 heterocycles. The van der Waals surface area contributed by atoms with E-state index in [1.165, 1.54) is 6.07 Å². The summed E-state index contributed by atoms with van der Waals surface area (Å²) in [4.78, 5) is 0. The van der Waals surface area contributed by atoms with Crippen LogP contribution in [-0.4, -0.2) is 11.2 Å². The molecule has 1 aliphatic rings. The highest BCUT2D eigenvalue weighted by Gasteiger charge is 2.50. The number of hydrogen-bond acceptors (Lipinski definition) is 3. The number of benzene rings is 1. The third-order valence-corrected chi connectivity index (χ3v) is 4.37. The van der Waals surface area contributed by atoms with Crippen molar-refractivity contribution in [3.63, 3.8) is 0 Å². The Morgan fingerprint density at radius 1 is 1.40 bits per heavy atom. The molecule has 0 aromatic heterocycles. The van der Waals surface area contributed by atoms with Crippen molar-refractivity contribution in [3.8, 4) is 0 Å². The molecule has 0 saturated carbocycles. The van der Waals surface area contributed by atoms with Crippen LogP contribution in [0.1, 0.15) is 45.7 Å². The van der Waals surface area contributed by atoms with Crippen LogP contribution in [0.4, 0.5) is 4.39 Å². The van der Waals surface area contributed by atoms with E-state index >= 15 is 0 Å². The fraction of sp³-hybridized carbons (Fsp3) is 0.600. The molecule has 2 rings (SSSR count). The largest absolute Gasteiger partial charge is 0.369 e. The predicted octanol–water partition coefficient (Wildman–Crippen LogP) is 3.58. The second kappa shape index (κ2) is 5.26. The van der Waals surface area contributed by atoms with Crippen molar-refractivity contribution in [2.45, 2.75) is 51.4 Å². The van der Waals surface area contributed by atoms with Gasteiger partial charge in [0, 0.05) is 16.5 Å². The van der Waals surface area contributed by atoms with E-state index in [9.17, 15) is 4.39 Å². The Bertz CT molecular complexity index is 484. The van der Waals surface area contributed by atoms with Gasteiger partial charge in [0.2, 0.25) is 0 Å². The topological polar surface area (TPSA) is 47.3 Å². The van der Waals surface area contributed by atoms with Crippen LogP contribution in [0.3, 0.4) is 0 Å². The van der Waals surface area contributed by atoms with Crippen LogP contribution < -0.4 is 11.3 Å². The van der Waals surface area contributed by atoms with Gasteiger partial charge in [0.1, 0.15) is 5.82 Å². The summed E-state index contributed by atoms with van der Waals surface area (Å²) in [5.41, 5.74) is 2.47. The second-order valence-corrected chi connectivity index (χ2v) is 6.96. The van der Waals surface area contributed by atoms with Crippen molar-refractivity contribution < 1.29 is 9.13 Å². The van der Waals surface area contributed by atoms with Gasteiger partial charge in [-0.1, -0.05) is 17.7 Å². The van der Waals surface area contributed by atoms with E-state index in [1.54, 1.807) is 12.1 Å². The Hall–Kier alpha value is -0.680. The lowest BCUT2D eigenvalue weighted by Gasteiger charge is -2.33. The number of ether oxygens (including phenoxy) is 1. The maximum atomic E-state index is 14.2. The zero-order valence-corrected chi connectivity index (χ0v) is 13.1. The maximum absolute atomic E-state index is 14.2. The number of nitrogens with two attached hydrogens (primary N) is 1. The summed E-state index contributed by atoms with van der Waals surface area (Å²) in [6.07, 6.45) is 0.777. The Balaban J connectivity index is 2.43. The number of hydrazine groups is 1. The van der Waals surface area contributed by atoms with Gasteiger partial charge in [0.05, 0.1) is 17.2 Å². The first-order valence-corrected chi connectivity index (χ1v) is 7.16. The van der Waals surface area contributed by atoms with Crippen LogP contribution in [0.2, 0.25) is 5.02 Å². The fourth-order valence-electron chi connectivity index (χ4n) is 3.33. The molecular formula is C15H22ClFN2O. The number of rotatable bonds is 3. The third-order valence-electron chi connectivity index (χ3n) is 4.04. The first-order chi connectivity index (χ1) is 9.18. The van der Waals surface area contributed by atoms with Crippen LogP contribution in [0.5, 0.6) is 0 Å². The van der Waals surface area contributed by atoms with Crippen molar-refractivity contribution in [1.82, 2.24) is 5.43 Å². The van der Waals surface area contributed by atoms with Crippen molar-refractivity contribution in [2.24, 2.45) is 11.8 Å². The third kappa shape index (κ3) is 2.84. The lowest BCUT2D eigenvalue weighted by Crippen LogP contribution is -2.41. The number of nitrogens with one attached hydrogen (secondary N) is 1. The summed E-state index contributed by atoms with van der Waals surface area (Å²) in [6, 6.07) is 4.28. The summed E-state index contributed by atoms with van der Waals surface area (Å²) < 4.78 is 20.2. The van der Waals surface area contributed by atoms with E-state index in [2.05, 4.69) is 5.43 Å². The van der Waals surface area contributed by atoms with E-state index in [0.717, 1.165) is 6.42 Å². The standard InChI is InChI=1S/C15H22ClFN2O/c1-14(2)8-9(15(3,4)20-14)13(19-18)12-10(16)6-5-7-11(12)17/h5-7,9,13,19H,8,18H2,1-4H3. The number of halogens is 2. The minimum absolute atomic E-state index is 0.0249. The van der Waals surface area contributed by atoms with E-state index < -0.39 is 5.60 Å². The number of hydrogen-bond donors (Lipinski definition) is 2. The zero-order chi connectivity index (χ0) is 15.1. The fourth-order valence-corrected chi connectivity index (χ4v) is 3.61. The molecule has 1 aromatic carbocycles. The van der Waals surface area contributed by atoms with E-state index in [1.807, 2.05) is 27.7 Å². The van der Waals surface area contributed by atoms with Gasteiger partial charge in [0.15, 0.2) is 0 Å². The van der Waals surface area contributed by atoms with Gasteiger partial charge in [-0.2, -0.15) is 0 Å². The van der Waals surface area contributed by atoms with E-state index in [-0.39, 0.29) is 23.4 Å². The molecule has 0 aliphatic carbocycles. The molecule has 3 nitrogen and oxygen atoms in total. The first-order valence-electron chi connectivity index (χ1n) is 6.78. The van der Waals surface area contributed by atoms with Crippen LogP contribution in [0.15, 0.2) is 18.2 Å². The molecule has 1 fully saturated rings. The zero-order valence-electron chi connectivity index (χ0n) is 12.3. The highest BCUT2D eigenvalue weighted by atomic mass is 35.5. The molecule has 112 valence electrons. The molecule has 2 unspecified atom stereocenters. The monoisotopic (exact) mass is 300 g/mol. The first kappa shape index (κ1) is 15.7. The van der Waals surface area contributed by atoms with Crippen LogP contribution >= 0.6 is 11.6 Å². The molecule has 0 spiro atoms. The minimum atomic E-state index is -0.411. The van der Waals surface area contributed by atoms with Gasteiger partial charge in [-0.25, -0.2) is 4.39 Å². The molecule has 1 aromatic rings. The molecule has 2 atom stereocenters. The summed E-state index contributed by atoms with van der Waals surface area (Å²) in [5, 5.41) is 0.383. The quantitative estimate of drug-likeness (QED) is 0.662. The smallest absolute Gasteiger partial charge is 0.129 e. The van der Waals surface area contributed by atoms with E-state index in [4.69, 9.17) is 22.2 Å². The highest BCUT2D eigenvalue weighted by Crippen LogP contribution is 2.48. The Labute approximate surface area is 124 Å². The van der Waals surface area contributed by atoms with Gasteiger partial charge in [-0.3, -0.25) is 11.3 Å². The van der Waals surface area contributed by atoms with Crippen LogP contribution in [-0.2, 0) is 4.74 Å². The minimum Gasteiger partial charge on any atom is -0.369 e. The van der Waals surface area contributed by atoms with Gasteiger partial charge in [0.25, 0.3) is 0 Å². The van der Waals surface area contributed by atoms with E-state index in [0.29, 0.717) is 10.6 Å². The molecular weight excluding hydrogens is 279 g/mol. The average molecular weight is 301 g/mol. The molecule has 1 aliphatic heterocycles. The normalized spacial score (nSPS) is 25.6. The van der Waals surface area contributed by atoms with Gasteiger partial charge < -0.3 is 4.74 Å². The summed E-state index contributed by atoms with van der Waals surface area (Å²) >= 11 is 6.17. The van der Waals surface area contributed by atoms with Crippen molar-refractivity contribution in [3.05, 3.63) is 34.6 Å². The summed E-state index contributed by atoms with van der Waals surface area (Å²) in [5.74, 6) is 5.38. The molecule has 1 saturated heterocycles. The average Bonchev–Trinajstić information content (AvgIpc) is 2.52. The Morgan fingerprint density at radius 2 is 2.05 bits per heavy atom. The molecule has 0 amide bonds. The lowest BCUT2D eigenvalue weighted by molar-refractivity contribution is -0.0779. The van der Waals surface area contributed by atoms with Gasteiger partial charge >= 0.3 is 0 Å². The Morgan fingerprint density at radius 3 is 2.50 bits per heavy atom. The summed E-state index contributed by atoms with van der Waals surface area (Å²) in [7, 11) is 0. The summed E-state index contributed by atoms with van der Waals surface area (Å²) in [6.45, 7) is 8.08. The molecule has 0 radical (unpaired) electrons. The van der Waals surface area contributed by atoms with Gasteiger partial charge in [-0.05, 0) is 46.2 Å². The molecule has 3 N–H and O–H groups in total. The van der Waals surface area contributed by atoms with Gasteiger partial charge in [-0.15, -0.1) is 0 Å². The van der Waals surface area contributed by atoms with Crippen molar-refractivity contribution >= 4 is 11.6 Å². The molecule has 0 bridgehead atoms. The second-order valence-electron chi connectivity index (χ2n) is 6.56. The predicted molar refractivity (Wildman–Crippen MR) is 78.8 cm³/mol. The molecule has 20 heavy (non-hydrogen) atoms. The molecule has 5 heteroatoms. The highest BCUT2D eigenvalue weighted by molar-refractivity contribution is 6.31. The van der Waals surface area contributed by atoms with Crippen LogP contribution in [0.25, 0.3) is 0 Å². The van der Waals surface area contributed by atoms with Crippen molar-refractivity contribution in [2.75, 3.05) is 0 Å². The Kier molecular flexibility index (Phi) is 4.13. The lowest BCUT2D eigenvalue weighted by atomic mass is 9.79. The maximum Gasteiger partial charge on any atom is 0.129 e. The SMILES string of the molecule is CC1(C)CC(C(NN)c2c(F)cccc2Cl)C(C)(C)O1. The van der Waals surface area contributed by atoms with Crippen molar-refractivity contribution in [1.29, 1.82) is 0 Å².